The normalized spacial score (nSPS) is 22.7. The Morgan fingerprint density at radius 3 is 2.95 bits per heavy atom. The summed E-state index contributed by atoms with van der Waals surface area (Å²) in [5, 5.41) is 14.7. The van der Waals surface area contributed by atoms with E-state index in [0.717, 1.165) is 6.42 Å². The molecule has 0 spiro atoms. The molecule has 0 radical (unpaired) electrons. The predicted molar refractivity (Wildman–Crippen MR) is 74.9 cm³/mol. The standard InChI is InChI=1S/C15H22N2O2/c1-10-9-12-5-3-4-6-13(12)14(10)17-15(19)16-11(2)7-8-18/h3-6,10-11,14,18H,7-9H2,1-2H3,(H2,16,17,19)/t10?,11-,14?/m1/s1. The zero-order valence-corrected chi connectivity index (χ0v) is 11.5. The largest absolute Gasteiger partial charge is 0.396 e. The minimum atomic E-state index is -0.158. The Bertz CT molecular complexity index is 448. The number of aliphatic hydroxyl groups is 1. The van der Waals surface area contributed by atoms with E-state index in [1.165, 1.54) is 11.1 Å². The first kappa shape index (κ1) is 13.9. The first-order chi connectivity index (χ1) is 9.11. The summed E-state index contributed by atoms with van der Waals surface area (Å²) in [6, 6.07) is 8.17. The van der Waals surface area contributed by atoms with Crippen LogP contribution in [0.15, 0.2) is 24.3 Å². The highest BCUT2D eigenvalue weighted by molar-refractivity contribution is 5.75. The molecule has 0 aromatic heterocycles. The molecule has 2 amide bonds. The molecule has 3 atom stereocenters. The van der Waals surface area contributed by atoms with Gasteiger partial charge in [0.05, 0.1) is 6.04 Å². The van der Waals surface area contributed by atoms with Gasteiger partial charge in [-0.15, -0.1) is 0 Å². The van der Waals surface area contributed by atoms with Gasteiger partial charge in [-0.25, -0.2) is 4.79 Å². The molecule has 0 heterocycles. The fourth-order valence-electron chi connectivity index (χ4n) is 2.69. The third-order valence-electron chi connectivity index (χ3n) is 3.73. The van der Waals surface area contributed by atoms with Gasteiger partial charge in [0.15, 0.2) is 0 Å². The fourth-order valence-corrected chi connectivity index (χ4v) is 2.69. The molecule has 0 aliphatic heterocycles. The number of benzene rings is 1. The Labute approximate surface area is 114 Å². The second-order valence-electron chi connectivity index (χ2n) is 5.39. The lowest BCUT2D eigenvalue weighted by Gasteiger charge is -2.21. The van der Waals surface area contributed by atoms with Gasteiger partial charge in [0.2, 0.25) is 0 Å². The van der Waals surface area contributed by atoms with Crippen molar-refractivity contribution in [1.82, 2.24) is 10.6 Å². The van der Waals surface area contributed by atoms with Gasteiger partial charge in [0.25, 0.3) is 0 Å². The molecule has 1 aliphatic carbocycles. The number of carbonyl (C=O) groups excluding carboxylic acids is 1. The van der Waals surface area contributed by atoms with E-state index in [9.17, 15) is 4.79 Å². The van der Waals surface area contributed by atoms with Crippen LogP contribution in [0.3, 0.4) is 0 Å². The number of amides is 2. The molecule has 104 valence electrons. The van der Waals surface area contributed by atoms with E-state index >= 15 is 0 Å². The Balaban J connectivity index is 1.97. The van der Waals surface area contributed by atoms with Crippen LogP contribution in [0.5, 0.6) is 0 Å². The molecular formula is C15H22N2O2. The predicted octanol–water partition coefficient (Wildman–Crippen LogP) is 1.99. The van der Waals surface area contributed by atoms with Crippen LogP contribution in [-0.4, -0.2) is 23.8 Å². The van der Waals surface area contributed by atoms with E-state index in [0.29, 0.717) is 12.3 Å². The molecule has 1 aliphatic rings. The third kappa shape index (κ3) is 3.26. The first-order valence-corrected chi connectivity index (χ1v) is 6.87. The smallest absolute Gasteiger partial charge is 0.315 e. The number of urea groups is 1. The van der Waals surface area contributed by atoms with Crippen LogP contribution >= 0.6 is 0 Å². The molecule has 0 saturated heterocycles. The molecule has 3 N–H and O–H groups in total. The molecule has 19 heavy (non-hydrogen) atoms. The van der Waals surface area contributed by atoms with Gasteiger partial charge in [-0.1, -0.05) is 31.2 Å². The lowest BCUT2D eigenvalue weighted by molar-refractivity contribution is 0.224. The number of aliphatic hydroxyl groups excluding tert-OH is 1. The highest BCUT2D eigenvalue weighted by Crippen LogP contribution is 2.35. The van der Waals surface area contributed by atoms with E-state index in [1.54, 1.807) is 0 Å². The van der Waals surface area contributed by atoms with Crippen molar-refractivity contribution in [2.75, 3.05) is 6.61 Å². The van der Waals surface area contributed by atoms with Crippen molar-refractivity contribution in [2.24, 2.45) is 5.92 Å². The molecular weight excluding hydrogens is 240 g/mol. The maximum Gasteiger partial charge on any atom is 0.315 e. The van der Waals surface area contributed by atoms with E-state index in [-0.39, 0.29) is 24.7 Å². The molecule has 1 aromatic rings. The van der Waals surface area contributed by atoms with E-state index in [4.69, 9.17) is 5.11 Å². The fraction of sp³-hybridized carbons (Fsp3) is 0.533. The van der Waals surface area contributed by atoms with Crippen LogP contribution in [-0.2, 0) is 6.42 Å². The first-order valence-electron chi connectivity index (χ1n) is 6.87. The second kappa shape index (κ2) is 6.06. The average molecular weight is 262 g/mol. The van der Waals surface area contributed by atoms with Gasteiger partial charge in [-0.05, 0) is 36.8 Å². The highest BCUT2D eigenvalue weighted by atomic mass is 16.3. The molecule has 4 heteroatoms. The van der Waals surface area contributed by atoms with Gasteiger partial charge in [0, 0.05) is 12.6 Å². The van der Waals surface area contributed by atoms with Crippen LogP contribution in [0.2, 0.25) is 0 Å². The molecule has 0 fully saturated rings. The summed E-state index contributed by atoms with van der Waals surface area (Å²) >= 11 is 0. The van der Waals surface area contributed by atoms with Crippen LogP contribution < -0.4 is 10.6 Å². The highest BCUT2D eigenvalue weighted by Gasteiger charge is 2.30. The molecule has 4 nitrogen and oxygen atoms in total. The van der Waals surface area contributed by atoms with Crippen molar-refractivity contribution in [3.8, 4) is 0 Å². The Morgan fingerprint density at radius 2 is 2.21 bits per heavy atom. The lowest BCUT2D eigenvalue weighted by atomic mass is 10.0. The van der Waals surface area contributed by atoms with Gasteiger partial charge in [-0.3, -0.25) is 0 Å². The van der Waals surface area contributed by atoms with Crippen molar-refractivity contribution in [2.45, 2.75) is 38.8 Å². The SMILES string of the molecule is CC1Cc2ccccc2C1NC(=O)N[C@H](C)CCO. The third-order valence-corrected chi connectivity index (χ3v) is 3.73. The topological polar surface area (TPSA) is 61.4 Å². The summed E-state index contributed by atoms with van der Waals surface area (Å²) in [6.45, 7) is 4.13. The number of carbonyl (C=O) groups is 1. The van der Waals surface area contributed by atoms with E-state index in [2.05, 4.69) is 29.7 Å². The number of hydrogen-bond acceptors (Lipinski definition) is 2. The van der Waals surface area contributed by atoms with E-state index in [1.807, 2.05) is 19.1 Å². The van der Waals surface area contributed by atoms with Crippen LogP contribution in [0, 0.1) is 5.92 Å². The average Bonchev–Trinajstić information content (AvgIpc) is 2.66. The summed E-state index contributed by atoms with van der Waals surface area (Å²) in [5.41, 5.74) is 2.55. The minimum absolute atomic E-state index is 0.0167. The number of fused-ring (bicyclic) bond motifs is 1. The van der Waals surface area contributed by atoms with Crippen molar-refractivity contribution in [3.05, 3.63) is 35.4 Å². The number of nitrogens with one attached hydrogen (secondary N) is 2. The summed E-state index contributed by atoms with van der Waals surface area (Å²) in [4.78, 5) is 11.9. The second-order valence-corrected chi connectivity index (χ2v) is 5.39. The molecule has 0 bridgehead atoms. The van der Waals surface area contributed by atoms with E-state index < -0.39 is 0 Å². The summed E-state index contributed by atoms with van der Waals surface area (Å²) in [5.74, 6) is 0.413. The Hall–Kier alpha value is -1.55. The zero-order chi connectivity index (χ0) is 13.8. The maximum atomic E-state index is 11.9. The molecule has 0 saturated carbocycles. The van der Waals surface area contributed by atoms with Crippen LogP contribution in [0.25, 0.3) is 0 Å². The lowest BCUT2D eigenvalue weighted by Crippen LogP contribution is -2.43. The Morgan fingerprint density at radius 1 is 1.47 bits per heavy atom. The van der Waals surface area contributed by atoms with Crippen LogP contribution in [0.1, 0.15) is 37.4 Å². The number of hydrogen-bond donors (Lipinski definition) is 3. The molecule has 1 aromatic carbocycles. The monoisotopic (exact) mass is 262 g/mol. The van der Waals surface area contributed by atoms with Crippen LogP contribution in [0.4, 0.5) is 4.79 Å². The van der Waals surface area contributed by atoms with Crippen molar-refractivity contribution in [1.29, 1.82) is 0 Å². The summed E-state index contributed by atoms with van der Waals surface area (Å²) in [7, 11) is 0. The maximum absolute atomic E-state index is 11.9. The van der Waals surface area contributed by atoms with Gasteiger partial charge in [0.1, 0.15) is 0 Å². The van der Waals surface area contributed by atoms with Crippen molar-refractivity contribution in [3.63, 3.8) is 0 Å². The minimum Gasteiger partial charge on any atom is -0.396 e. The Kier molecular flexibility index (Phi) is 4.43. The number of rotatable bonds is 4. The molecule has 2 unspecified atom stereocenters. The zero-order valence-electron chi connectivity index (χ0n) is 11.5. The van der Waals surface area contributed by atoms with Crippen molar-refractivity contribution >= 4 is 6.03 Å². The van der Waals surface area contributed by atoms with Gasteiger partial charge < -0.3 is 15.7 Å². The van der Waals surface area contributed by atoms with Gasteiger partial charge >= 0.3 is 6.03 Å². The molecule has 2 rings (SSSR count). The van der Waals surface area contributed by atoms with Gasteiger partial charge in [-0.2, -0.15) is 0 Å². The van der Waals surface area contributed by atoms with Crippen molar-refractivity contribution < 1.29 is 9.90 Å². The quantitative estimate of drug-likeness (QED) is 0.777. The summed E-state index contributed by atoms with van der Waals surface area (Å²) < 4.78 is 0. The summed E-state index contributed by atoms with van der Waals surface area (Å²) in [6.07, 6.45) is 1.58.